The molecule has 18 heavy (non-hydrogen) atoms. The van der Waals surface area contributed by atoms with E-state index in [2.05, 4.69) is 26.1 Å². The van der Waals surface area contributed by atoms with Crippen LogP contribution in [0.4, 0.5) is 0 Å². The minimum Gasteiger partial charge on any atom is -0.483 e. The third-order valence-electron chi connectivity index (χ3n) is 2.39. The molecule has 0 bridgehead atoms. The lowest BCUT2D eigenvalue weighted by Crippen LogP contribution is -2.01. The number of halogens is 1. The molecule has 0 saturated carbocycles. The van der Waals surface area contributed by atoms with E-state index < -0.39 is 0 Å². The summed E-state index contributed by atoms with van der Waals surface area (Å²) >= 11 is 3.38. The second-order valence-electron chi connectivity index (χ2n) is 3.87. The highest BCUT2D eigenvalue weighted by molar-refractivity contribution is 9.10. The maximum absolute atomic E-state index is 9.32. The van der Waals surface area contributed by atoms with Crippen LogP contribution in [-0.4, -0.2) is 15.3 Å². The summed E-state index contributed by atoms with van der Waals surface area (Å²) in [5, 5.41) is 16.9. The summed E-state index contributed by atoms with van der Waals surface area (Å²) in [7, 11) is 0. The number of aryl methyl sites for hydroxylation is 2. The number of aliphatic hydroxyl groups is 1. The molecule has 2 rings (SSSR count). The van der Waals surface area contributed by atoms with Gasteiger partial charge in [0.2, 0.25) is 5.89 Å². The third kappa shape index (κ3) is 2.88. The van der Waals surface area contributed by atoms with Crippen molar-refractivity contribution in [1.29, 1.82) is 0 Å². The van der Waals surface area contributed by atoms with Crippen LogP contribution >= 0.6 is 15.9 Å². The third-order valence-corrected chi connectivity index (χ3v) is 2.85. The normalized spacial score (nSPS) is 10.7. The van der Waals surface area contributed by atoms with Crippen molar-refractivity contribution in [3.05, 3.63) is 39.5 Å². The largest absolute Gasteiger partial charge is 0.483 e. The Morgan fingerprint density at radius 2 is 2.11 bits per heavy atom. The fourth-order valence-corrected chi connectivity index (χ4v) is 2.27. The molecule has 0 spiro atoms. The van der Waals surface area contributed by atoms with Gasteiger partial charge in [-0.15, -0.1) is 10.2 Å². The Balaban J connectivity index is 2.18. The van der Waals surface area contributed by atoms with Gasteiger partial charge in [-0.1, -0.05) is 15.9 Å². The molecule has 0 radical (unpaired) electrons. The molecule has 1 aromatic carbocycles. The van der Waals surface area contributed by atoms with Crippen molar-refractivity contribution in [3.8, 4) is 5.75 Å². The first-order valence-electron chi connectivity index (χ1n) is 5.42. The molecule has 0 atom stereocenters. The molecule has 0 amide bonds. The zero-order valence-electron chi connectivity index (χ0n) is 10.1. The molecule has 0 aliphatic heterocycles. The van der Waals surface area contributed by atoms with E-state index in [-0.39, 0.29) is 13.2 Å². The lowest BCUT2D eigenvalue weighted by Gasteiger charge is -2.12. The van der Waals surface area contributed by atoms with Gasteiger partial charge in [-0.2, -0.15) is 0 Å². The summed E-state index contributed by atoms with van der Waals surface area (Å²) in [5.74, 6) is 1.57. The first-order valence-corrected chi connectivity index (χ1v) is 6.21. The number of hydrogen-bond donors (Lipinski definition) is 1. The summed E-state index contributed by atoms with van der Waals surface area (Å²) < 4.78 is 11.8. The molecule has 0 unspecified atom stereocenters. The number of ether oxygens (including phenoxy) is 1. The number of benzene rings is 1. The number of aliphatic hydroxyl groups excluding tert-OH is 1. The van der Waals surface area contributed by atoms with Gasteiger partial charge in [0.15, 0.2) is 6.61 Å². The second-order valence-corrected chi connectivity index (χ2v) is 4.79. The van der Waals surface area contributed by atoms with Gasteiger partial charge in [0.1, 0.15) is 5.75 Å². The summed E-state index contributed by atoms with van der Waals surface area (Å²) in [6.07, 6.45) is 0. The molecule has 6 heteroatoms. The highest BCUT2D eigenvalue weighted by Gasteiger charge is 2.10. The van der Waals surface area contributed by atoms with Crippen molar-refractivity contribution in [3.63, 3.8) is 0 Å². The highest BCUT2D eigenvalue weighted by Crippen LogP contribution is 2.28. The van der Waals surface area contributed by atoms with Gasteiger partial charge < -0.3 is 14.3 Å². The maximum atomic E-state index is 9.32. The van der Waals surface area contributed by atoms with Gasteiger partial charge in [0, 0.05) is 17.0 Å². The molecule has 2 aromatic rings. The zero-order valence-corrected chi connectivity index (χ0v) is 11.7. The summed E-state index contributed by atoms with van der Waals surface area (Å²) in [5.41, 5.74) is 1.66. The predicted molar refractivity (Wildman–Crippen MR) is 68.2 cm³/mol. The molecule has 0 aliphatic rings. The van der Waals surface area contributed by atoms with Crippen LogP contribution in [-0.2, 0) is 13.2 Å². The Morgan fingerprint density at radius 1 is 1.33 bits per heavy atom. The lowest BCUT2D eigenvalue weighted by atomic mass is 10.1. The first-order chi connectivity index (χ1) is 8.60. The second kappa shape index (κ2) is 5.49. The fourth-order valence-electron chi connectivity index (χ4n) is 1.65. The molecule has 0 saturated heterocycles. The van der Waals surface area contributed by atoms with Gasteiger partial charge in [-0.25, -0.2) is 0 Å². The molecule has 0 fully saturated rings. The minimum atomic E-state index is -0.0848. The van der Waals surface area contributed by atoms with Crippen LogP contribution in [0.25, 0.3) is 0 Å². The molecule has 0 aliphatic carbocycles. The van der Waals surface area contributed by atoms with Crippen LogP contribution in [0.3, 0.4) is 0 Å². The van der Waals surface area contributed by atoms with Crippen LogP contribution in [0.1, 0.15) is 22.9 Å². The van der Waals surface area contributed by atoms with E-state index in [1.54, 1.807) is 6.92 Å². The zero-order chi connectivity index (χ0) is 13.1. The van der Waals surface area contributed by atoms with Crippen molar-refractivity contribution >= 4 is 15.9 Å². The van der Waals surface area contributed by atoms with Crippen molar-refractivity contribution in [2.45, 2.75) is 27.1 Å². The number of nitrogens with zero attached hydrogens (tertiary/aromatic N) is 2. The summed E-state index contributed by atoms with van der Waals surface area (Å²) in [6.45, 7) is 3.74. The first kappa shape index (κ1) is 13.0. The van der Waals surface area contributed by atoms with E-state index in [1.807, 2.05) is 19.1 Å². The van der Waals surface area contributed by atoms with Gasteiger partial charge in [-0.05, 0) is 24.6 Å². The van der Waals surface area contributed by atoms with Crippen LogP contribution in [0.15, 0.2) is 21.0 Å². The number of rotatable bonds is 4. The van der Waals surface area contributed by atoms with Crippen molar-refractivity contribution in [2.75, 3.05) is 0 Å². The minimum absolute atomic E-state index is 0.0848. The average Bonchev–Trinajstić information content (AvgIpc) is 2.73. The smallest absolute Gasteiger partial charge is 0.253 e. The maximum Gasteiger partial charge on any atom is 0.253 e. The lowest BCUT2D eigenvalue weighted by molar-refractivity contribution is 0.238. The van der Waals surface area contributed by atoms with Gasteiger partial charge in [-0.3, -0.25) is 0 Å². The van der Waals surface area contributed by atoms with Crippen molar-refractivity contribution < 1.29 is 14.3 Å². The SMILES string of the molecule is Cc1nnc(COc2c(C)cc(Br)cc2CO)o1. The summed E-state index contributed by atoms with van der Waals surface area (Å²) in [6, 6.07) is 3.74. The number of hydrogen-bond acceptors (Lipinski definition) is 5. The molecular formula is C12H13BrN2O3. The fraction of sp³-hybridized carbons (Fsp3) is 0.333. The molecular weight excluding hydrogens is 300 g/mol. The Bertz CT molecular complexity index is 554. The van der Waals surface area contributed by atoms with E-state index >= 15 is 0 Å². The molecule has 1 N–H and O–H groups in total. The van der Waals surface area contributed by atoms with Gasteiger partial charge >= 0.3 is 0 Å². The van der Waals surface area contributed by atoms with Crippen LogP contribution in [0, 0.1) is 13.8 Å². The molecule has 5 nitrogen and oxygen atoms in total. The highest BCUT2D eigenvalue weighted by atomic mass is 79.9. The monoisotopic (exact) mass is 312 g/mol. The predicted octanol–water partition coefficient (Wildman–Crippen LogP) is 2.52. The van der Waals surface area contributed by atoms with E-state index in [9.17, 15) is 5.11 Å². The number of aromatic nitrogens is 2. The quantitative estimate of drug-likeness (QED) is 0.939. The summed E-state index contributed by atoms with van der Waals surface area (Å²) in [4.78, 5) is 0. The Kier molecular flexibility index (Phi) is 3.98. The molecule has 96 valence electrons. The standard InChI is InChI=1S/C12H13BrN2O3/c1-7-3-10(13)4-9(5-16)12(7)17-6-11-15-14-8(2)18-11/h3-4,16H,5-6H2,1-2H3. The van der Waals surface area contributed by atoms with Crippen molar-refractivity contribution in [1.82, 2.24) is 10.2 Å². The van der Waals surface area contributed by atoms with Gasteiger partial charge in [0.25, 0.3) is 5.89 Å². The Morgan fingerprint density at radius 3 is 2.72 bits per heavy atom. The van der Waals surface area contributed by atoms with E-state index in [0.29, 0.717) is 17.5 Å². The van der Waals surface area contributed by atoms with Crippen LogP contribution in [0.2, 0.25) is 0 Å². The molecule has 1 aromatic heterocycles. The van der Waals surface area contributed by atoms with E-state index in [4.69, 9.17) is 9.15 Å². The average molecular weight is 313 g/mol. The van der Waals surface area contributed by atoms with Gasteiger partial charge in [0.05, 0.1) is 6.61 Å². The van der Waals surface area contributed by atoms with Crippen LogP contribution in [0.5, 0.6) is 5.75 Å². The molecule has 1 heterocycles. The Hall–Kier alpha value is -1.40. The van der Waals surface area contributed by atoms with E-state index in [1.165, 1.54) is 0 Å². The Labute approximate surface area is 113 Å². The van der Waals surface area contributed by atoms with Crippen LogP contribution < -0.4 is 4.74 Å². The van der Waals surface area contributed by atoms with Crippen molar-refractivity contribution in [2.24, 2.45) is 0 Å². The topological polar surface area (TPSA) is 68.4 Å². The van der Waals surface area contributed by atoms with E-state index in [0.717, 1.165) is 15.6 Å².